The highest BCUT2D eigenvalue weighted by atomic mass is 16.6. The van der Waals surface area contributed by atoms with Gasteiger partial charge < -0.3 is 40.7 Å². The number of nitrogens with one attached hydrogen (secondary N) is 6. The summed E-state index contributed by atoms with van der Waals surface area (Å²) in [6, 6.07) is 15.6. The van der Waals surface area contributed by atoms with E-state index in [4.69, 9.17) is 19.4 Å². The van der Waals surface area contributed by atoms with E-state index < -0.39 is 35.3 Å². The summed E-state index contributed by atoms with van der Waals surface area (Å²) < 4.78 is 10.3. The van der Waals surface area contributed by atoms with Crippen molar-refractivity contribution in [3.63, 3.8) is 0 Å². The zero-order valence-electron chi connectivity index (χ0n) is 37.8. The van der Waals surface area contributed by atoms with Gasteiger partial charge in [-0.05, 0) is 72.6 Å². The number of carbonyl (C=O) groups excluding carboxylic acids is 4. The monoisotopic (exact) mass is 851 g/mol. The molecular weight excluding hydrogens is 785 g/mol. The molecule has 2 saturated carbocycles. The quantitative estimate of drug-likeness (QED) is 0.0766. The van der Waals surface area contributed by atoms with Crippen LogP contribution in [0.25, 0.3) is 33.6 Å². The Kier molecular flexibility index (Phi) is 14.2. The smallest absolute Gasteiger partial charge is 0.407 e. The minimum atomic E-state index is -1.03. The second-order valence-corrected chi connectivity index (χ2v) is 19.0. The Balaban J connectivity index is 1.14. The summed E-state index contributed by atoms with van der Waals surface area (Å²) in [6.07, 6.45) is 10.1. The van der Waals surface area contributed by atoms with Crippen molar-refractivity contribution in [3.05, 3.63) is 72.6 Å². The van der Waals surface area contributed by atoms with E-state index in [2.05, 4.69) is 97.0 Å². The van der Waals surface area contributed by atoms with E-state index in [0.29, 0.717) is 37.3 Å². The standard InChI is InChI=1S/C48H66N8O6/c1-9-61-43(59)55-47(25-13-11-14-26-47)41(57)53-37(45(3,4)5)39-49-29-35(51-39)33-21-17-31(18-22-33)32-19-23-34(24-20-32)36-30-50-40(52-36)38(46(6,7)8)54-42(58)48(27-15-12-16-28-48)56-44(60)62-10-2/h17-24,29-30,37-38H,9-16,25-28H2,1-8H3,(H,49,51)(H,50,52)(H,53,57)(H,54,58)(H,55,59)(H,56,60). The zero-order valence-corrected chi connectivity index (χ0v) is 37.8. The maximum absolute atomic E-state index is 14.0. The van der Waals surface area contributed by atoms with Crippen molar-refractivity contribution in [1.29, 1.82) is 0 Å². The number of amides is 4. The summed E-state index contributed by atoms with van der Waals surface area (Å²) in [4.78, 5) is 69.4. The van der Waals surface area contributed by atoms with Crippen molar-refractivity contribution < 1.29 is 28.7 Å². The molecular formula is C48H66N8O6. The summed E-state index contributed by atoms with van der Waals surface area (Å²) in [5.41, 5.74) is 2.81. The Morgan fingerprint density at radius 2 is 0.887 bits per heavy atom. The summed E-state index contributed by atoms with van der Waals surface area (Å²) >= 11 is 0. The van der Waals surface area contributed by atoms with Gasteiger partial charge in [0.15, 0.2) is 0 Å². The number of hydrogen-bond donors (Lipinski definition) is 6. The molecule has 6 rings (SSSR count). The number of alkyl carbamates (subject to hydrolysis) is 2. The van der Waals surface area contributed by atoms with Gasteiger partial charge in [-0.3, -0.25) is 9.59 Å². The van der Waals surface area contributed by atoms with Crippen LogP contribution in [0, 0.1) is 10.8 Å². The van der Waals surface area contributed by atoms with Crippen molar-refractivity contribution in [2.45, 2.75) is 143 Å². The van der Waals surface area contributed by atoms with Crippen LogP contribution in [0.5, 0.6) is 0 Å². The van der Waals surface area contributed by atoms with Crippen LogP contribution in [-0.4, -0.2) is 68.2 Å². The Hall–Kier alpha value is -5.66. The van der Waals surface area contributed by atoms with Crippen LogP contribution in [0.1, 0.15) is 143 Å². The minimum absolute atomic E-state index is 0.224. The fraction of sp³-hybridized carbons (Fsp3) is 0.542. The van der Waals surface area contributed by atoms with Crippen LogP contribution in [0.15, 0.2) is 60.9 Å². The molecule has 4 amide bonds. The van der Waals surface area contributed by atoms with Crippen LogP contribution in [0.2, 0.25) is 0 Å². The van der Waals surface area contributed by atoms with Crippen LogP contribution in [0.4, 0.5) is 9.59 Å². The number of ether oxygens (including phenoxy) is 2. The molecule has 2 aromatic heterocycles. The molecule has 14 heteroatoms. The molecule has 2 fully saturated rings. The summed E-state index contributed by atoms with van der Waals surface area (Å²) in [5.74, 6) is 0.831. The second kappa shape index (κ2) is 19.2. The van der Waals surface area contributed by atoms with Crippen molar-refractivity contribution >= 4 is 24.0 Å². The summed E-state index contributed by atoms with van der Waals surface area (Å²) in [6.45, 7) is 16.3. The van der Waals surface area contributed by atoms with E-state index in [1.165, 1.54) is 0 Å². The van der Waals surface area contributed by atoms with E-state index in [1.807, 2.05) is 24.3 Å². The van der Waals surface area contributed by atoms with E-state index in [-0.39, 0.29) is 35.9 Å². The average Bonchev–Trinajstić information content (AvgIpc) is 3.93. The molecule has 0 aliphatic heterocycles. The predicted molar refractivity (Wildman–Crippen MR) is 240 cm³/mol. The van der Waals surface area contributed by atoms with Gasteiger partial charge in [0.1, 0.15) is 22.7 Å². The fourth-order valence-electron chi connectivity index (χ4n) is 8.73. The first-order valence-corrected chi connectivity index (χ1v) is 22.3. The third-order valence-electron chi connectivity index (χ3n) is 12.3. The molecule has 334 valence electrons. The van der Waals surface area contributed by atoms with Gasteiger partial charge in [0.05, 0.1) is 49.1 Å². The number of hydrogen-bond acceptors (Lipinski definition) is 8. The Morgan fingerprint density at radius 3 is 1.19 bits per heavy atom. The lowest BCUT2D eigenvalue weighted by atomic mass is 9.79. The molecule has 0 bridgehead atoms. The number of aromatic amines is 2. The molecule has 2 heterocycles. The van der Waals surface area contributed by atoms with Gasteiger partial charge in [-0.1, -0.05) is 129 Å². The molecule has 2 aromatic carbocycles. The number of imidazole rings is 2. The van der Waals surface area contributed by atoms with Crippen molar-refractivity contribution in [2.75, 3.05) is 13.2 Å². The molecule has 6 N–H and O–H groups in total. The number of rotatable bonds is 13. The summed E-state index contributed by atoms with van der Waals surface area (Å²) in [5, 5.41) is 12.3. The number of H-pyrrole nitrogens is 2. The highest BCUT2D eigenvalue weighted by Crippen LogP contribution is 2.38. The first kappa shape index (κ1) is 45.9. The Labute approximate surface area is 365 Å². The molecule has 2 aliphatic carbocycles. The SMILES string of the molecule is CCOC(=O)NC1(C(=O)NC(c2ncc(-c3ccc(-c4ccc(-c5cnc(C(NC(=O)C6(NC(=O)OCC)CCCCC6)C(C)(C)C)[nH]5)cc4)cc3)[nH]2)C(C)(C)C)CCCCC1. The highest BCUT2D eigenvalue weighted by Gasteiger charge is 2.45. The molecule has 0 spiro atoms. The largest absolute Gasteiger partial charge is 0.450 e. The number of benzene rings is 2. The van der Waals surface area contributed by atoms with Crippen molar-refractivity contribution in [2.24, 2.45) is 10.8 Å². The van der Waals surface area contributed by atoms with E-state index in [0.717, 1.165) is 72.2 Å². The number of aromatic nitrogens is 4. The van der Waals surface area contributed by atoms with E-state index in [9.17, 15) is 19.2 Å². The highest BCUT2D eigenvalue weighted by molar-refractivity contribution is 5.91. The molecule has 2 aliphatic rings. The number of carbonyl (C=O) groups is 4. The van der Waals surface area contributed by atoms with E-state index in [1.54, 1.807) is 26.2 Å². The van der Waals surface area contributed by atoms with Crippen LogP contribution in [0.3, 0.4) is 0 Å². The third-order valence-corrected chi connectivity index (χ3v) is 12.3. The topological polar surface area (TPSA) is 192 Å². The molecule has 2 atom stereocenters. The van der Waals surface area contributed by atoms with Crippen LogP contribution in [-0.2, 0) is 19.1 Å². The lowest BCUT2D eigenvalue weighted by Crippen LogP contribution is -2.61. The van der Waals surface area contributed by atoms with Crippen molar-refractivity contribution in [3.8, 4) is 33.6 Å². The van der Waals surface area contributed by atoms with Gasteiger partial charge in [-0.25, -0.2) is 19.6 Å². The lowest BCUT2D eigenvalue weighted by molar-refractivity contribution is -0.131. The lowest BCUT2D eigenvalue weighted by Gasteiger charge is -2.39. The fourth-order valence-corrected chi connectivity index (χ4v) is 8.73. The van der Waals surface area contributed by atoms with Gasteiger partial charge in [0, 0.05) is 0 Å². The first-order valence-electron chi connectivity index (χ1n) is 22.3. The average molecular weight is 851 g/mol. The summed E-state index contributed by atoms with van der Waals surface area (Å²) in [7, 11) is 0. The van der Waals surface area contributed by atoms with Gasteiger partial charge in [-0.15, -0.1) is 0 Å². The predicted octanol–water partition coefficient (Wildman–Crippen LogP) is 9.44. The number of nitrogens with zero attached hydrogens (tertiary/aromatic N) is 2. The second-order valence-electron chi connectivity index (χ2n) is 19.0. The van der Waals surface area contributed by atoms with E-state index >= 15 is 0 Å². The van der Waals surface area contributed by atoms with Crippen LogP contribution >= 0.6 is 0 Å². The Bertz CT molecular complexity index is 2000. The molecule has 62 heavy (non-hydrogen) atoms. The van der Waals surface area contributed by atoms with Gasteiger partial charge >= 0.3 is 12.2 Å². The zero-order chi connectivity index (χ0) is 44.7. The normalized spacial score (nSPS) is 17.2. The van der Waals surface area contributed by atoms with Crippen LogP contribution < -0.4 is 21.3 Å². The van der Waals surface area contributed by atoms with Gasteiger partial charge in [0.25, 0.3) is 0 Å². The minimum Gasteiger partial charge on any atom is -0.450 e. The molecule has 2 unspecified atom stereocenters. The van der Waals surface area contributed by atoms with Crippen molar-refractivity contribution in [1.82, 2.24) is 41.2 Å². The molecule has 0 saturated heterocycles. The first-order chi connectivity index (χ1) is 29.5. The van der Waals surface area contributed by atoms with Gasteiger partial charge in [0.2, 0.25) is 11.8 Å². The third kappa shape index (κ3) is 10.7. The molecule has 0 radical (unpaired) electrons. The maximum Gasteiger partial charge on any atom is 0.407 e. The maximum atomic E-state index is 14.0. The molecule has 4 aromatic rings. The van der Waals surface area contributed by atoms with Gasteiger partial charge in [-0.2, -0.15) is 0 Å². The molecule has 14 nitrogen and oxygen atoms in total. The Morgan fingerprint density at radius 1 is 0.565 bits per heavy atom.